The van der Waals surface area contributed by atoms with E-state index >= 15 is 0 Å². The van der Waals surface area contributed by atoms with Gasteiger partial charge in [0, 0.05) is 74.8 Å². The Morgan fingerprint density at radius 2 is 1.87 bits per heavy atom. The Morgan fingerprint density at radius 1 is 1.13 bits per heavy atom. The maximum Gasteiger partial charge on any atom is 0.252 e. The summed E-state index contributed by atoms with van der Waals surface area (Å²) in [5, 5.41) is 9.15. The molecule has 10 heteroatoms. The lowest BCUT2D eigenvalue weighted by atomic mass is 9.97. The maximum absolute atomic E-state index is 13.3. The van der Waals surface area contributed by atoms with Gasteiger partial charge >= 0.3 is 0 Å². The molecule has 0 bridgehead atoms. The summed E-state index contributed by atoms with van der Waals surface area (Å²) >= 11 is 0. The van der Waals surface area contributed by atoms with E-state index in [0.717, 1.165) is 69.1 Å². The largest absolute Gasteiger partial charge is 0.403 e. The molecule has 1 aliphatic carbocycles. The quantitative estimate of drug-likeness (QED) is 0.347. The van der Waals surface area contributed by atoms with E-state index < -0.39 is 6.04 Å². The smallest absolute Gasteiger partial charge is 0.252 e. The zero-order chi connectivity index (χ0) is 27.6. The number of carbonyl (C=O) groups excluding carboxylic acids is 2. The van der Waals surface area contributed by atoms with Crippen LogP contribution in [0, 0.1) is 5.92 Å². The fourth-order valence-electron chi connectivity index (χ4n) is 5.15. The summed E-state index contributed by atoms with van der Waals surface area (Å²) in [7, 11) is 3.73. The number of anilines is 3. The first-order valence-corrected chi connectivity index (χ1v) is 13.7. The van der Waals surface area contributed by atoms with Crippen LogP contribution < -0.4 is 26.6 Å². The Bertz CT molecular complexity index is 1180. The second kappa shape index (κ2) is 13.7. The lowest BCUT2D eigenvalue weighted by molar-refractivity contribution is -0.122. The molecule has 1 atom stereocenters. The van der Waals surface area contributed by atoms with E-state index in [0.29, 0.717) is 23.6 Å². The first-order chi connectivity index (χ1) is 18.9. The molecule has 39 heavy (non-hydrogen) atoms. The molecule has 1 saturated heterocycles. The van der Waals surface area contributed by atoms with E-state index in [1.54, 1.807) is 25.4 Å². The number of piperazine rings is 1. The van der Waals surface area contributed by atoms with Crippen molar-refractivity contribution in [1.82, 2.24) is 20.5 Å². The fraction of sp³-hybridized carbons (Fsp3) is 0.448. The number of likely N-dealkylation sites (N-methyl/N-ethyl adjacent to an activating group) is 1. The van der Waals surface area contributed by atoms with Gasteiger partial charge in [-0.05, 0) is 43.7 Å². The van der Waals surface area contributed by atoms with Crippen LogP contribution in [-0.2, 0) is 4.79 Å². The number of amides is 2. The van der Waals surface area contributed by atoms with Crippen LogP contribution in [0.4, 0.5) is 17.2 Å². The number of carbonyl (C=O) groups is 2. The third-order valence-electron chi connectivity index (χ3n) is 7.37. The number of aromatic nitrogens is 1. The number of pyridine rings is 1. The molecular weight excluding hydrogens is 492 g/mol. The van der Waals surface area contributed by atoms with Crippen LogP contribution in [0.5, 0.6) is 0 Å². The molecule has 1 saturated carbocycles. The van der Waals surface area contributed by atoms with Crippen molar-refractivity contribution in [3.05, 3.63) is 60.1 Å². The number of aliphatic imine (C=N–C) groups is 1. The molecule has 1 aliphatic heterocycles. The van der Waals surface area contributed by atoms with E-state index in [1.165, 1.54) is 12.4 Å². The summed E-state index contributed by atoms with van der Waals surface area (Å²) in [6.45, 7) is 3.89. The SMILES string of the molecule is CN=C/C(=C\N)NC(=O)C(CC1CCCC1)NC(=O)c1cccc(Nc2ccnc(N3CCN(C)CC3)c2)c1. The van der Waals surface area contributed by atoms with Gasteiger partial charge < -0.3 is 31.5 Å². The highest BCUT2D eigenvalue weighted by atomic mass is 16.2. The van der Waals surface area contributed by atoms with Gasteiger partial charge in [-0.1, -0.05) is 31.7 Å². The summed E-state index contributed by atoms with van der Waals surface area (Å²) in [5.74, 6) is 0.739. The highest BCUT2D eigenvalue weighted by Gasteiger charge is 2.27. The highest BCUT2D eigenvalue weighted by Crippen LogP contribution is 2.29. The van der Waals surface area contributed by atoms with Gasteiger partial charge in [0.25, 0.3) is 5.91 Å². The second-order valence-electron chi connectivity index (χ2n) is 10.3. The minimum absolute atomic E-state index is 0.297. The summed E-state index contributed by atoms with van der Waals surface area (Å²) in [5.41, 5.74) is 8.18. The van der Waals surface area contributed by atoms with Crippen LogP contribution in [0.2, 0.25) is 0 Å². The van der Waals surface area contributed by atoms with Crippen molar-refractivity contribution in [3.63, 3.8) is 0 Å². The molecule has 2 heterocycles. The predicted octanol–water partition coefficient (Wildman–Crippen LogP) is 2.87. The van der Waals surface area contributed by atoms with Gasteiger partial charge in [0.05, 0.1) is 5.70 Å². The van der Waals surface area contributed by atoms with Crippen molar-refractivity contribution in [2.24, 2.45) is 16.6 Å². The third-order valence-corrected chi connectivity index (χ3v) is 7.37. The van der Waals surface area contributed by atoms with Crippen molar-refractivity contribution in [3.8, 4) is 0 Å². The fourth-order valence-corrected chi connectivity index (χ4v) is 5.15. The summed E-state index contributed by atoms with van der Waals surface area (Å²) < 4.78 is 0. The standard InChI is InChI=1S/C29H40N8O2/c1-31-20-25(19-30)34-29(39)26(16-21-6-3-4-7-21)35-28(38)22-8-5-9-23(17-22)33-24-10-11-32-27(18-24)37-14-12-36(2)13-15-37/h5,8-11,17-21,26H,3-4,6-7,12-16,30H2,1-2H3,(H,32,33)(H,34,39)(H,35,38)/b25-19+,31-20?. The average Bonchev–Trinajstić information content (AvgIpc) is 3.46. The number of hydrogen-bond acceptors (Lipinski definition) is 8. The van der Waals surface area contributed by atoms with Gasteiger partial charge in [-0.25, -0.2) is 4.98 Å². The van der Waals surface area contributed by atoms with Crippen LogP contribution in [0.3, 0.4) is 0 Å². The van der Waals surface area contributed by atoms with Crippen molar-refractivity contribution in [2.75, 3.05) is 50.5 Å². The molecule has 1 unspecified atom stereocenters. The van der Waals surface area contributed by atoms with Gasteiger partial charge in [-0.15, -0.1) is 0 Å². The van der Waals surface area contributed by atoms with E-state index in [1.807, 2.05) is 24.3 Å². The molecule has 2 amide bonds. The minimum atomic E-state index is -0.677. The molecule has 0 spiro atoms. The Morgan fingerprint density at radius 3 is 2.59 bits per heavy atom. The number of hydrogen-bond donors (Lipinski definition) is 4. The van der Waals surface area contributed by atoms with Crippen molar-refractivity contribution < 1.29 is 9.59 Å². The number of rotatable bonds is 10. The monoisotopic (exact) mass is 532 g/mol. The summed E-state index contributed by atoms with van der Waals surface area (Å²) in [6.07, 6.45) is 9.60. The van der Waals surface area contributed by atoms with Crippen LogP contribution in [0.1, 0.15) is 42.5 Å². The van der Waals surface area contributed by atoms with Gasteiger partial charge in [0.15, 0.2) is 0 Å². The highest BCUT2D eigenvalue weighted by molar-refractivity contribution is 5.99. The average molecular weight is 533 g/mol. The van der Waals surface area contributed by atoms with Crippen LogP contribution >= 0.6 is 0 Å². The second-order valence-corrected chi connectivity index (χ2v) is 10.3. The molecule has 1 aromatic heterocycles. The minimum Gasteiger partial charge on any atom is -0.403 e. The van der Waals surface area contributed by atoms with Crippen molar-refractivity contribution in [2.45, 2.75) is 38.1 Å². The lowest BCUT2D eigenvalue weighted by Crippen LogP contribution is -2.47. The van der Waals surface area contributed by atoms with E-state index in [2.05, 4.69) is 42.8 Å². The predicted molar refractivity (Wildman–Crippen MR) is 156 cm³/mol. The first-order valence-electron chi connectivity index (χ1n) is 13.7. The molecule has 2 aliphatic rings. The molecule has 4 rings (SSSR count). The third kappa shape index (κ3) is 8.03. The molecule has 0 radical (unpaired) electrons. The normalized spacial score (nSPS) is 17.8. The lowest BCUT2D eigenvalue weighted by Gasteiger charge is -2.33. The molecule has 10 nitrogen and oxygen atoms in total. The van der Waals surface area contributed by atoms with E-state index in [4.69, 9.17) is 5.73 Å². The van der Waals surface area contributed by atoms with Gasteiger partial charge in [-0.3, -0.25) is 14.6 Å². The van der Waals surface area contributed by atoms with Gasteiger partial charge in [0.2, 0.25) is 5.91 Å². The van der Waals surface area contributed by atoms with Crippen molar-refractivity contribution in [1.29, 1.82) is 0 Å². The van der Waals surface area contributed by atoms with Crippen molar-refractivity contribution >= 4 is 35.2 Å². The number of nitrogens with two attached hydrogens (primary N) is 1. The molecule has 208 valence electrons. The maximum atomic E-state index is 13.3. The summed E-state index contributed by atoms with van der Waals surface area (Å²) in [4.78, 5) is 39.5. The van der Waals surface area contributed by atoms with E-state index in [-0.39, 0.29) is 11.8 Å². The molecule has 2 fully saturated rings. The van der Waals surface area contributed by atoms with Crippen LogP contribution in [0.25, 0.3) is 0 Å². The number of nitrogens with one attached hydrogen (secondary N) is 3. The number of nitrogens with zero attached hydrogens (tertiary/aromatic N) is 4. The molecule has 1 aromatic carbocycles. The summed E-state index contributed by atoms with van der Waals surface area (Å²) in [6, 6.07) is 10.6. The van der Waals surface area contributed by atoms with Crippen LogP contribution in [0.15, 0.2) is 59.5 Å². The molecule has 2 aromatic rings. The zero-order valence-corrected chi connectivity index (χ0v) is 22.9. The Kier molecular flexibility index (Phi) is 9.91. The Balaban J connectivity index is 1.44. The van der Waals surface area contributed by atoms with Gasteiger partial charge in [-0.2, -0.15) is 0 Å². The zero-order valence-electron chi connectivity index (χ0n) is 22.9. The topological polar surface area (TPSA) is 128 Å². The van der Waals surface area contributed by atoms with Gasteiger partial charge in [0.1, 0.15) is 11.9 Å². The Labute approximate surface area is 230 Å². The van der Waals surface area contributed by atoms with E-state index in [9.17, 15) is 9.59 Å². The van der Waals surface area contributed by atoms with Crippen LogP contribution in [-0.4, -0.2) is 74.2 Å². The molecule has 5 N–H and O–H groups in total. The number of benzene rings is 1. The Hall–Kier alpha value is -3.92. The number of allylic oxidation sites excluding steroid dienone is 1. The molecular formula is C29H40N8O2. The first kappa shape index (κ1) is 28.1.